The maximum absolute atomic E-state index is 12.0. The van der Waals surface area contributed by atoms with Crippen molar-refractivity contribution < 1.29 is 13.2 Å². The molecule has 0 fully saturated rings. The van der Waals surface area contributed by atoms with Crippen LogP contribution in [0, 0.1) is 11.3 Å². The molecule has 0 radical (unpaired) electrons. The van der Waals surface area contributed by atoms with Gasteiger partial charge in [-0.15, -0.1) is 0 Å². The zero-order valence-corrected chi connectivity index (χ0v) is 12.0. The Balaban J connectivity index is 2.02. The van der Waals surface area contributed by atoms with Crippen molar-refractivity contribution in [1.29, 1.82) is 5.26 Å². The van der Waals surface area contributed by atoms with Crippen LogP contribution < -0.4 is 9.46 Å². The summed E-state index contributed by atoms with van der Waals surface area (Å²) >= 11 is 0. The van der Waals surface area contributed by atoms with Crippen LogP contribution in [-0.4, -0.2) is 15.0 Å². The first kappa shape index (κ1) is 14.9. The van der Waals surface area contributed by atoms with Crippen LogP contribution in [0.25, 0.3) is 0 Å². The summed E-state index contributed by atoms with van der Waals surface area (Å²) in [6.07, 6.45) is 0. The van der Waals surface area contributed by atoms with E-state index in [1.54, 1.807) is 48.5 Å². The second kappa shape index (κ2) is 6.77. The molecule has 0 saturated heterocycles. The fraction of sp³-hybridized carbons (Fsp3) is 0.133. The Labute approximate surface area is 123 Å². The van der Waals surface area contributed by atoms with E-state index in [0.29, 0.717) is 11.4 Å². The van der Waals surface area contributed by atoms with Crippen molar-refractivity contribution in [2.24, 2.45) is 0 Å². The number of nitrogens with zero attached hydrogens (tertiary/aromatic N) is 1. The second-order valence-electron chi connectivity index (χ2n) is 4.32. The lowest BCUT2D eigenvalue weighted by Gasteiger charge is -2.09. The summed E-state index contributed by atoms with van der Waals surface area (Å²) < 4.78 is 31.7. The van der Waals surface area contributed by atoms with E-state index in [1.807, 2.05) is 12.1 Å². The van der Waals surface area contributed by atoms with Gasteiger partial charge in [-0.25, -0.2) is 8.42 Å². The number of benzene rings is 2. The van der Waals surface area contributed by atoms with Crippen LogP contribution >= 0.6 is 0 Å². The largest absolute Gasteiger partial charge is 0.479 e. The molecule has 0 aliphatic carbocycles. The predicted molar refractivity (Wildman–Crippen MR) is 80.2 cm³/mol. The Hall–Kier alpha value is -2.52. The minimum atomic E-state index is -3.46. The highest BCUT2D eigenvalue weighted by molar-refractivity contribution is 7.91. The van der Waals surface area contributed by atoms with Crippen molar-refractivity contribution in [2.75, 3.05) is 11.3 Å². The van der Waals surface area contributed by atoms with E-state index in [-0.39, 0.29) is 12.4 Å². The molecule has 6 heteroatoms. The first-order valence-corrected chi connectivity index (χ1v) is 7.88. The van der Waals surface area contributed by atoms with Gasteiger partial charge < -0.3 is 4.74 Å². The maximum atomic E-state index is 12.0. The van der Waals surface area contributed by atoms with E-state index in [1.165, 1.54) is 0 Å². The van der Waals surface area contributed by atoms with E-state index < -0.39 is 10.0 Å². The average molecular weight is 302 g/mol. The standard InChI is InChI=1S/C15H14N2O3S/c16-10-11-20-15-8-6-14(7-9-15)17-21(18,19)12-13-4-2-1-3-5-13/h1-9,17H,11-12H2. The van der Waals surface area contributed by atoms with Crippen LogP contribution in [0.4, 0.5) is 5.69 Å². The summed E-state index contributed by atoms with van der Waals surface area (Å²) in [6.45, 7) is -0.0426. The molecule has 2 aromatic carbocycles. The molecule has 0 aliphatic rings. The highest BCUT2D eigenvalue weighted by Crippen LogP contribution is 2.17. The topological polar surface area (TPSA) is 79.2 Å². The van der Waals surface area contributed by atoms with Gasteiger partial charge in [0, 0.05) is 5.69 Å². The van der Waals surface area contributed by atoms with Crippen molar-refractivity contribution in [3.8, 4) is 11.8 Å². The molecule has 0 saturated carbocycles. The van der Waals surface area contributed by atoms with Gasteiger partial charge in [0.25, 0.3) is 0 Å². The zero-order valence-electron chi connectivity index (χ0n) is 11.2. The van der Waals surface area contributed by atoms with Crippen LogP contribution in [-0.2, 0) is 15.8 Å². The van der Waals surface area contributed by atoms with Gasteiger partial charge in [-0.1, -0.05) is 30.3 Å². The molecule has 0 unspecified atom stereocenters. The predicted octanol–water partition coefficient (Wildman–Crippen LogP) is 2.53. The van der Waals surface area contributed by atoms with E-state index >= 15 is 0 Å². The third-order valence-electron chi connectivity index (χ3n) is 2.63. The Morgan fingerprint density at radius 2 is 1.71 bits per heavy atom. The van der Waals surface area contributed by atoms with Gasteiger partial charge in [0.15, 0.2) is 6.61 Å². The molecule has 0 bridgehead atoms. The fourth-order valence-electron chi connectivity index (χ4n) is 1.74. The Bertz CT molecular complexity index is 720. The third-order valence-corrected chi connectivity index (χ3v) is 3.89. The SMILES string of the molecule is N#CCOc1ccc(NS(=O)(=O)Cc2ccccc2)cc1. The molecule has 0 spiro atoms. The van der Waals surface area contributed by atoms with Crippen LogP contribution in [0.2, 0.25) is 0 Å². The van der Waals surface area contributed by atoms with Crippen LogP contribution in [0.1, 0.15) is 5.56 Å². The molecule has 2 rings (SSSR count). The second-order valence-corrected chi connectivity index (χ2v) is 6.04. The van der Waals surface area contributed by atoms with Gasteiger partial charge in [-0.2, -0.15) is 5.26 Å². The van der Waals surface area contributed by atoms with Crippen molar-refractivity contribution in [2.45, 2.75) is 5.75 Å². The van der Waals surface area contributed by atoms with Crippen LogP contribution in [0.3, 0.4) is 0 Å². The first-order chi connectivity index (χ1) is 10.1. The summed E-state index contributed by atoms with van der Waals surface area (Å²) in [5, 5.41) is 8.41. The van der Waals surface area contributed by atoms with Crippen molar-refractivity contribution in [1.82, 2.24) is 0 Å². The van der Waals surface area contributed by atoms with Crippen LogP contribution in [0.5, 0.6) is 5.75 Å². The van der Waals surface area contributed by atoms with Gasteiger partial charge in [0.05, 0.1) is 5.75 Å². The Kier molecular flexibility index (Phi) is 4.80. The summed E-state index contributed by atoms with van der Waals surface area (Å²) in [7, 11) is -3.46. The first-order valence-electron chi connectivity index (χ1n) is 6.23. The fourth-order valence-corrected chi connectivity index (χ4v) is 2.94. The molecule has 21 heavy (non-hydrogen) atoms. The molecule has 0 aliphatic heterocycles. The number of anilines is 1. The van der Waals surface area contributed by atoms with Crippen molar-refractivity contribution >= 4 is 15.7 Å². The monoisotopic (exact) mass is 302 g/mol. The number of rotatable bonds is 6. The average Bonchev–Trinajstić information content (AvgIpc) is 2.47. The normalized spacial score (nSPS) is 10.6. The minimum absolute atomic E-state index is 0.0426. The number of hydrogen-bond donors (Lipinski definition) is 1. The maximum Gasteiger partial charge on any atom is 0.236 e. The van der Waals surface area contributed by atoms with Crippen molar-refractivity contribution in [3.63, 3.8) is 0 Å². The number of nitriles is 1. The highest BCUT2D eigenvalue weighted by Gasteiger charge is 2.11. The lowest BCUT2D eigenvalue weighted by atomic mass is 10.2. The zero-order chi connectivity index (χ0) is 15.1. The molecule has 5 nitrogen and oxygen atoms in total. The molecular weight excluding hydrogens is 288 g/mol. The minimum Gasteiger partial charge on any atom is -0.479 e. The summed E-state index contributed by atoms with van der Waals surface area (Å²) in [5.74, 6) is 0.433. The number of hydrogen-bond acceptors (Lipinski definition) is 4. The van der Waals surface area contributed by atoms with Gasteiger partial charge in [-0.05, 0) is 29.8 Å². The smallest absolute Gasteiger partial charge is 0.236 e. The quantitative estimate of drug-likeness (QED) is 0.889. The van der Waals surface area contributed by atoms with Gasteiger partial charge in [-0.3, -0.25) is 4.72 Å². The van der Waals surface area contributed by atoms with E-state index in [0.717, 1.165) is 5.56 Å². The number of nitrogens with one attached hydrogen (secondary N) is 1. The van der Waals surface area contributed by atoms with Crippen LogP contribution in [0.15, 0.2) is 54.6 Å². The van der Waals surface area contributed by atoms with E-state index in [2.05, 4.69) is 4.72 Å². The summed E-state index contributed by atoms with van der Waals surface area (Å²) in [5.41, 5.74) is 1.18. The van der Waals surface area contributed by atoms with Gasteiger partial charge in [0.2, 0.25) is 10.0 Å². The van der Waals surface area contributed by atoms with Gasteiger partial charge in [0.1, 0.15) is 11.8 Å². The summed E-state index contributed by atoms with van der Waals surface area (Å²) in [4.78, 5) is 0. The molecule has 0 atom stereocenters. The molecule has 0 heterocycles. The third kappa shape index (κ3) is 4.82. The summed E-state index contributed by atoms with van der Waals surface area (Å²) in [6, 6.07) is 17.2. The number of sulfonamides is 1. The molecule has 0 aromatic heterocycles. The molecule has 0 amide bonds. The molecule has 108 valence electrons. The number of ether oxygens (including phenoxy) is 1. The van der Waals surface area contributed by atoms with Gasteiger partial charge >= 0.3 is 0 Å². The molecule has 1 N–H and O–H groups in total. The highest BCUT2D eigenvalue weighted by atomic mass is 32.2. The lowest BCUT2D eigenvalue weighted by Crippen LogP contribution is -2.14. The Morgan fingerprint density at radius 1 is 1.05 bits per heavy atom. The van der Waals surface area contributed by atoms with E-state index in [4.69, 9.17) is 10.00 Å². The van der Waals surface area contributed by atoms with E-state index in [9.17, 15) is 8.42 Å². The molecular formula is C15H14N2O3S. The molecule has 2 aromatic rings. The Morgan fingerprint density at radius 3 is 2.33 bits per heavy atom. The van der Waals surface area contributed by atoms with Crippen molar-refractivity contribution in [3.05, 3.63) is 60.2 Å². The lowest BCUT2D eigenvalue weighted by molar-refractivity contribution is 0.368.